The molecule has 0 saturated heterocycles. The highest BCUT2D eigenvalue weighted by molar-refractivity contribution is 7.20. The molecule has 2 aromatic heterocycles. The van der Waals surface area contributed by atoms with E-state index in [1.54, 1.807) is 6.92 Å². The zero-order valence-corrected chi connectivity index (χ0v) is 16.7. The average Bonchev–Trinajstić information content (AvgIpc) is 3.01. The average molecular weight is 385 g/mol. The number of carbonyl (C=O) groups is 1. The number of carbonyl (C=O) groups excluding carboxylic acids is 1. The zero-order chi connectivity index (χ0) is 19.4. The SMILES string of the molecule is CCOC(=O)c1sc2ncnc(NC(C)c3ccc(OCC)cc3)c2c1C. The van der Waals surface area contributed by atoms with Crippen LogP contribution in [0.2, 0.25) is 0 Å². The fraction of sp³-hybridized carbons (Fsp3) is 0.350. The highest BCUT2D eigenvalue weighted by Crippen LogP contribution is 2.35. The maximum Gasteiger partial charge on any atom is 0.348 e. The maximum atomic E-state index is 12.2. The minimum absolute atomic E-state index is 0.0316. The van der Waals surface area contributed by atoms with E-state index in [-0.39, 0.29) is 12.0 Å². The predicted octanol–water partition coefficient (Wildman–Crippen LogP) is 4.75. The van der Waals surface area contributed by atoms with E-state index in [0.29, 0.717) is 23.9 Å². The Morgan fingerprint density at radius 1 is 1.19 bits per heavy atom. The van der Waals surface area contributed by atoms with E-state index in [1.165, 1.54) is 17.7 Å². The highest BCUT2D eigenvalue weighted by atomic mass is 32.1. The quantitative estimate of drug-likeness (QED) is 0.592. The number of aryl methyl sites for hydroxylation is 1. The third-order valence-corrected chi connectivity index (χ3v) is 5.41. The second kappa shape index (κ2) is 8.35. The van der Waals surface area contributed by atoms with Gasteiger partial charge in [-0.3, -0.25) is 0 Å². The summed E-state index contributed by atoms with van der Waals surface area (Å²) in [5.41, 5.74) is 1.96. The molecule has 0 radical (unpaired) electrons. The van der Waals surface area contributed by atoms with Gasteiger partial charge < -0.3 is 14.8 Å². The third-order valence-electron chi connectivity index (χ3n) is 4.23. The van der Waals surface area contributed by atoms with Crippen LogP contribution in [0.15, 0.2) is 30.6 Å². The van der Waals surface area contributed by atoms with Gasteiger partial charge in [-0.1, -0.05) is 12.1 Å². The second-order valence-corrected chi connectivity index (χ2v) is 7.05. The third kappa shape index (κ3) is 4.03. The summed E-state index contributed by atoms with van der Waals surface area (Å²) in [5, 5.41) is 4.30. The van der Waals surface area contributed by atoms with Crippen LogP contribution in [0.25, 0.3) is 10.2 Å². The van der Waals surface area contributed by atoms with E-state index >= 15 is 0 Å². The van der Waals surface area contributed by atoms with Gasteiger partial charge in [0.05, 0.1) is 18.6 Å². The van der Waals surface area contributed by atoms with Crippen LogP contribution in [-0.4, -0.2) is 29.2 Å². The fourth-order valence-corrected chi connectivity index (χ4v) is 3.92. The number of rotatable bonds is 7. The largest absolute Gasteiger partial charge is 0.494 e. The maximum absolute atomic E-state index is 12.2. The van der Waals surface area contributed by atoms with Crippen LogP contribution in [-0.2, 0) is 4.74 Å². The molecule has 0 fully saturated rings. The smallest absolute Gasteiger partial charge is 0.348 e. The first-order valence-electron chi connectivity index (χ1n) is 8.95. The number of nitrogens with one attached hydrogen (secondary N) is 1. The van der Waals surface area contributed by atoms with Crippen LogP contribution in [0, 0.1) is 6.92 Å². The van der Waals surface area contributed by atoms with E-state index in [4.69, 9.17) is 9.47 Å². The lowest BCUT2D eigenvalue weighted by Crippen LogP contribution is -2.09. The van der Waals surface area contributed by atoms with E-state index in [2.05, 4.69) is 22.2 Å². The summed E-state index contributed by atoms with van der Waals surface area (Å²) in [6.07, 6.45) is 1.51. The Labute approximate surface area is 162 Å². The molecule has 1 aromatic carbocycles. The van der Waals surface area contributed by atoms with Crippen molar-refractivity contribution in [2.75, 3.05) is 18.5 Å². The number of ether oxygens (including phenoxy) is 2. The Kier molecular flexibility index (Phi) is 5.91. The van der Waals surface area contributed by atoms with Gasteiger partial charge in [-0.2, -0.15) is 0 Å². The van der Waals surface area contributed by atoms with Gasteiger partial charge in [0, 0.05) is 6.04 Å². The highest BCUT2D eigenvalue weighted by Gasteiger charge is 2.21. The lowest BCUT2D eigenvalue weighted by atomic mass is 10.1. The Morgan fingerprint density at radius 3 is 2.59 bits per heavy atom. The number of thiophene rings is 1. The van der Waals surface area contributed by atoms with Crippen LogP contribution >= 0.6 is 11.3 Å². The summed E-state index contributed by atoms with van der Waals surface area (Å²) in [6, 6.07) is 8.02. The lowest BCUT2D eigenvalue weighted by molar-refractivity contribution is 0.0531. The van der Waals surface area contributed by atoms with Crippen molar-refractivity contribution in [3.05, 3.63) is 46.6 Å². The summed E-state index contributed by atoms with van der Waals surface area (Å²) in [7, 11) is 0. The van der Waals surface area contributed by atoms with Crippen molar-refractivity contribution in [1.29, 1.82) is 0 Å². The molecule has 0 bridgehead atoms. The van der Waals surface area contributed by atoms with Crippen LogP contribution in [0.1, 0.15) is 47.6 Å². The van der Waals surface area contributed by atoms with Crippen LogP contribution in [0.4, 0.5) is 5.82 Å². The first-order chi connectivity index (χ1) is 13.0. The summed E-state index contributed by atoms with van der Waals surface area (Å²) in [6.45, 7) is 8.72. The monoisotopic (exact) mass is 385 g/mol. The van der Waals surface area contributed by atoms with Gasteiger partial charge in [-0.05, 0) is 51.0 Å². The van der Waals surface area contributed by atoms with E-state index < -0.39 is 0 Å². The topological polar surface area (TPSA) is 73.3 Å². The molecule has 0 aliphatic carbocycles. The van der Waals surface area contributed by atoms with Crippen molar-refractivity contribution < 1.29 is 14.3 Å². The minimum Gasteiger partial charge on any atom is -0.494 e. The van der Waals surface area contributed by atoms with Crippen molar-refractivity contribution in [2.45, 2.75) is 33.7 Å². The van der Waals surface area contributed by atoms with Gasteiger partial charge in [0.2, 0.25) is 0 Å². The Balaban J connectivity index is 1.89. The number of esters is 1. The van der Waals surface area contributed by atoms with Crippen molar-refractivity contribution >= 4 is 33.3 Å². The molecule has 1 N–H and O–H groups in total. The molecule has 0 saturated carbocycles. The number of nitrogens with zero attached hydrogens (tertiary/aromatic N) is 2. The Morgan fingerprint density at radius 2 is 1.93 bits per heavy atom. The molecule has 6 nitrogen and oxygen atoms in total. The lowest BCUT2D eigenvalue weighted by Gasteiger charge is -2.16. The molecular weight excluding hydrogens is 362 g/mol. The number of benzene rings is 1. The van der Waals surface area contributed by atoms with E-state index in [0.717, 1.165) is 27.1 Å². The van der Waals surface area contributed by atoms with E-state index in [1.807, 2.05) is 38.1 Å². The van der Waals surface area contributed by atoms with Gasteiger partial charge >= 0.3 is 5.97 Å². The van der Waals surface area contributed by atoms with Gasteiger partial charge in [-0.25, -0.2) is 14.8 Å². The molecule has 7 heteroatoms. The molecule has 3 aromatic rings. The molecule has 0 spiro atoms. The molecule has 0 amide bonds. The van der Waals surface area contributed by atoms with Gasteiger partial charge in [0.25, 0.3) is 0 Å². The first-order valence-corrected chi connectivity index (χ1v) is 9.77. The number of hydrogen-bond acceptors (Lipinski definition) is 7. The summed E-state index contributed by atoms with van der Waals surface area (Å²) >= 11 is 1.33. The van der Waals surface area contributed by atoms with E-state index in [9.17, 15) is 4.79 Å². The van der Waals surface area contributed by atoms with Crippen molar-refractivity contribution in [1.82, 2.24) is 9.97 Å². The molecule has 0 aliphatic heterocycles. The van der Waals surface area contributed by atoms with Gasteiger partial charge in [0.1, 0.15) is 27.6 Å². The van der Waals surface area contributed by atoms with Crippen molar-refractivity contribution in [3.8, 4) is 5.75 Å². The first kappa shape index (κ1) is 19.1. The minimum atomic E-state index is -0.316. The number of fused-ring (bicyclic) bond motifs is 1. The Bertz CT molecular complexity index is 938. The number of hydrogen-bond donors (Lipinski definition) is 1. The molecule has 0 aliphatic rings. The standard InChI is InChI=1S/C20H23N3O3S/c1-5-25-15-9-7-14(8-10-15)13(4)23-18-16-12(3)17(20(24)26-6-2)27-19(16)22-11-21-18/h7-11,13H,5-6H2,1-4H3,(H,21,22,23). The summed E-state index contributed by atoms with van der Waals surface area (Å²) < 4.78 is 10.6. The van der Waals surface area contributed by atoms with Crippen LogP contribution in [0.3, 0.4) is 0 Å². The molecule has 1 unspecified atom stereocenters. The molecule has 27 heavy (non-hydrogen) atoms. The molecule has 142 valence electrons. The number of aromatic nitrogens is 2. The summed E-state index contributed by atoms with van der Waals surface area (Å²) in [5.74, 6) is 1.25. The molecule has 3 rings (SSSR count). The van der Waals surface area contributed by atoms with Gasteiger partial charge in [-0.15, -0.1) is 11.3 Å². The molecule has 1 atom stereocenters. The fourth-order valence-electron chi connectivity index (χ4n) is 2.88. The molecule has 2 heterocycles. The van der Waals surface area contributed by atoms with Gasteiger partial charge in [0.15, 0.2) is 0 Å². The van der Waals surface area contributed by atoms with Crippen molar-refractivity contribution in [3.63, 3.8) is 0 Å². The number of anilines is 1. The van der Waals surface area contributed by atoms with Crippen LogP contribution in [0.5, 0.6) is 5.75 Å². The molecular formula is C20H23N3O3S. The zero-order valence-electron chi connectivity index (χ0n) is 15.9. The predicted molar refractivity (Wildman–Crippen MR) is 108 cm³/mol. The Hall–Kier alpha value is -2.67. The van der Waals surface area contributed by atoms with Crippen molar-refractivity contribution in [2.24, 2.45) is 0 Å². The summed E-state index contributed by atoms with van der Waals surface area (Å²) in [4.78, 5) is 22.3. The van der Waals surface area contributed by atoms with Crippen LogP contribution < -0.4 is 10.1 Å². The second-order valence-electron chi connectivity index (χ2n) is 6.05. The normalized spacial score (nSPS) is 12.0.